The van der Waals surface area contributed by atoms with Gasteiger partial charge in [0.05, 0.1) is 0 Å². The van der Waals surface area contributed by atoms with Crippen LogP contribution in [0.1, 0.15) is 10.4 Å². The van der Waals surface area contributed by atoms with Crippen molar-refractivity contribution in [2.45, 2.75) is 9.96 Å². The van der Waals surface area contributed by atoms with Crippen molar-refractivity contribution in [2.75, 3.05) is 19.0 Å². The first-order chi connectivity index (χ1) is 11.6. The highest BCUT2D eigenvalue weighted by Crippen LogP contribution is 2.37. The normalized spacial score (nSPS) is 12.6. The van der Waals surface area contributed by atoms with E-state index in [9.17, 15) is 4.79 Å². The molecule has 0 aliphatic carbocycles. The summed E-state index contributed by atoms with van der Waals surface area (Å²) >= 11 is 24.4. The number of rotatable bonds is 4. The fourth-order valence-electron chi connectivity index (χ4n) is 2.46. The topological polar surface area (TPSA) is 23.6 Å². The minimum atomic E-state index is -1.74. The Kier molecular flexibility index (Phi) is 6.55. The number of nitrogens with zero attached hydrogens (tertiary/aromatic N) is 2. The van der Waals surface area contributed by atoms with E-state index in [1.807, 2.05) is 0 Å². The molecule has 130 valence electrons. The third-order valence-corrected chi connectivity index (χ3v) is 4.58. The van der Waals surface area contributed by atoms with Gasteiger partial charge in [0, 0.05) is 30.4 Å². The molecule has 0 saturated heterocycles. The second kappa shape index (κ2) is 8.09. The lowest BCUT2D eigenvalue weighted by molar-refractivity contribution is 0.0733. The summed E-state index contributed by atoms with van der Waals surface area (Å²) in [5.41, 5.74) is 1.76. The quantitative estimate of drug-likeness (QED) is 0.427. The Morgan fingerprint density at radius 1 is 1.00 bits per heavy atom. The molecular formula is C17H15BCl4N2O. The Morgan fingerprint density at radius 2 is 1.52 bits per heavy atom. The number of benzene rings is 2. The minimum Gasteiger partial charge on any atom is -0.351 e. The zero-order chi connectivity index (χ0) is 18.8. The number of carbonyl (C=O) groups excluding carboxylic acids is 1. The van der Waals surface area contributed by atoms with Crippen molar-refractivity contribution in [3.05, 3.63) is 59.1 Å². The van der Waals surface area contributed by atoms with Crippen LogP contribution in [0, 0.1) is 0 Å². The number of carbonyl (C=O) groups is 1. The maximum atomic E-state index is 12.8. The van der Waals surface area contributed by atoms with Crippen molar-refractivity contribution in [3.8, 4) is 0 Å². The smallest absolute Gasteiger partial charge is 0.255 e. The molecule has 0 aromatic heterocycles. The summed E-state index contributed by atoms with van der Waals surface area (Å²) in [5, 5.41) is 0.592. The van der Waals surface area contributed by atoms with Crippen LogP contribution in [-0.4, -0.2) is 42.7 Å². The lowest BCUT2D eigenvalue weighted by Crippen LogP contribution is -2.55. The van der Waals surface area contributed by atoms with Gasteiger partial charge in [-0.25, -0.2) is 0 Å². The first-order valence-corrected chi connectivity index (χ1v) is 8.80. The van der Waals surface area contributed by atoms with E-state index in [1.54, 1.807) is 67.5 Å². The largest absolute Gasteiger partial charge is 0.351 e. The lowest BCUT2D eigenvalue weighted by Gasteiger charge is -2.40. The van der Waals surface area contributed by atoms with E-state index < -0.39 is 9.96 Å². The average Bonchev–Trinajstić information content (AvgIpc) is 2.54. The molecule has 0 heterocycles. The lowest BCUT2D eigenvalue weighted by atomic mass is 9.95. The minimum absolute atomic E-state index is 0.294. The summed E-state index contributed by atoms with van der Waals surface area (Å²) in [6, 6.07) is 13.6. The Balaban J connectivity index is 2.34. The van der Waals surface area contributed by atoms with Gasteiger partial charge in [0.25, 0.3) is 5.91 Å². The molecule has 2 aromatic rings. The molecule has 0 N–H and O–H groups in total. The molecule has 1 atom stereocenters. The van der Waals surface area contributed by atoms with Gasteiger partial charge in [-0.1, -0.05) is 76.1 Å². The van der Waals surface area contributed by atoms with Crippen molar-refractivity contribution >= 4 is 71.3 Å². The third kappa shape index (κ3) is 4.98. The van der Waals surface area contributed by atoms with Gasteiger partial charge >= 0.3 is 0 Å². The maximum Gasteiger partial charge on any atom is 0.255 e. The Morgan fingerprint density at radius 3 is 2.00 bits per heavy atom. The molecule has 0 bridgehead atoms. The zero-order valence-corrected chi connectivity index (χ0v) is 16.6. The van der Waals surface area contributed by atoms with Crippen molar-refractivity contribution in [3.63, 3.8) is 0 Å². The molecule has 0 aliphatic rings. The van der Waals surface area contributed by atoms with Crippen molar-refractivity contribution < 1.29 is 4.79 Å². The fourth-order valence-corrected chi connectivity index (χ4v) is 3.46. The number of alkyl halides is 3. The molecule has 0 aliphatic heterocycles. The van der Waals surface area contributed by atoms with Crippen LogP contribution in [0.5, 0.6) is 0 Å². The van der Waals surface area contributed by atoms with Gasteiger partial charge < -0.3 is 9.80 Å². The zero-order valence-electron chi connectivity index (χ0n) is 13.6. The van der Waals surface area contributed by atoms with E-state index in [0.717, 1.165) is 5.69 Å². The van der Waals surface area contributed by atoms with E-state index in [-0.39, 0.29) is 5.91 Å². The summed E-state index contributed by atoms with van der Waals surface area (Å²) < 4.78 is -1.74. The standard InChI is InChI=1S/C17H15BCl4N2O/c1-23(14-9-7-13(19)8-10-14)16(17(20,21)22)24(2)15(25)11-3-5-12(18)6-4-11/h3-10,16H,1-2H3. The summed E-state index contributed by atoms with van der Waals surface area (Å²) in [5.74, 6) is -0.294. The van der Waals surface area contributed by atoms with Gasteiger partial charge in [0.1, 0.15) is 7.85 Å². The Labute approximate surface area is 168 Å². The Hall–Kier alpha value is -1.07. The second-order valence-corrected chi connectivity index (χ2v) is 8.35. The molecule has 0 saturated carbocycles. The van der Waals surface area contributed by atoms with Crippen molar-refractivity contribution in [2.24, 2.45) is 0 Å². The highest BCUT2D eigenvalue weighted by atomic mass is 35.6. The van der Waals surface area contributed by atoms with Crippen molar-refractivity contribution in [1.29, 1.82) is 0 Å². The SMILES string of the molecule is [B]c1ccc(C(=O)N(C)C(N(C)c2ccc(Cl)cc2)C(Cl)(Cl)Cl)cc1. The molecule has 8 heteroatoms. The summed E-state index contributed by atoms with van der Waals surface area (Å²) in [6.07, 6.45) is -0.844. The first kappa shape index (κ1) is 20.2. The molecular weight excluding hydrogens is 401 g/mol. The fraction of sp³-hybridized carbons (Fsp3) is 0.235. The number of halogens is 4. The van der Waals surface area contributed by atoms with Crippen LogP contribution in [0.2, 0.25) is 5.02 Å². The monoisotopic (exact) mass is 414 g/mol. The number of hydrogen-bond acceptors (Lipinski definition) is 2. The second-order valence-electron chi connectivity index (χ2n) is 5.54. The van der Waals surface area contributed by atoms with E-state index in [0.29, 0.717) is 16.0 Å². The van der Waals surface area contributed by atoms with Gasteiger partial charge in [0.15, 0.2) is 6.17 Å². The summed E-state index contributed by atoms with van der Waals surface area (Å²) in [6.45, 7) is 0. The van der Waals surface area contributed by atoms with E-state index in [4.69, 9.17) is 54.3 Å². The molecule has 2 aromatic carbocycles. The van der Waals surface area contributed by atoms with Crippen LogP contribution in [0.25, 0.3) is 0 Å². The van der Waals surface area contributed by atoms with Gasteiger partial charge in [-0.2, -0.15) is 0 Å². The predicted molar refractivity (Wildman–Crippen MR) is 108 cm³/mol. The van der Waals surface area contributed by atoms with E-state index in [2.05, 4.69) is 0 Å². The number of anilines is 1. The summed E-state index contributed by atoms with van der Waals surface area (Å²) in [4.78, 5) is 15.9. The highest BCUT2D eigenvalue weighted by molar-refractivity contribution is 6.68. The Bertz CT molecular complexity index is 732. The van der Waals surface area contributed by atoms with Gasteiger partial charge in [-0.3, -0.25) is 4.79 Å². The van der Waals surface area contributed by atoms with Crippen LogP contribution < -0.4 is 10.4 Å². The van der Waals surface area contributed by atoms with Crippen LogP contribution in [0.15, 0.2) is 48.5 Å². The number of hydrogen-bond donors (Lipinski definition) is 0. The molecule has 1 unspecified atom stereocenters. The molecule has 1 amide bonds. The molecule has 0 spiro atoms. The van der Waals surface area contributed by atoms with Gasteiger partial charge in [-0.15, -0.1) is 0 Å². The van der Waals surface area contributed by atoms with Gasteiger partial charge in [-0.05, 0) is 24.3 Å². The molecule has 2 rings (SSSR count). The van der Waals surface area contributed by atoms with Crippen LogP contribution in [-0.2, 0) is 0 Å². The van der Waals surface area contributed by atoms with Crippen LogP contribution in [0.3, 0.4) is 0 Å². The van der Waals surface area contributed by atoms with Gasteiger partial charge in [0.2, 0.25) is 3.79 Å². The van der Waals surface area contributed by atoms with Crippen molar-refractivity contribution in [1.82, 2.24) is 4.90 Å². The van der Waals surface area contributed by atoms with E-state index >= 15 is 0 Å². The van der Waals surface area contributed by atoms with E-state index in [1.165, 1.54) is 4.90 Å². The number of amides is 1. The maximum absolute atomic E-state index is 12.8. The third-order valence-electron chi connectivity index (χ3n) is 3.74. The molecule has 2 radical (unpaired) electrons. The van der Waals surface area contributed by atoms with Crippen LogP contribution >= 0.6 is 46.4 Å². The highest BCUT2D eigenvalue weighted by Gasteiger charge is 2.41. The molecule has 0 fully saturated rings. The summed E-state index contributed by atoms with van der Waals surface area (Å²) in [7, 11) is 8.98. The average molecular weight is 416 g/mol. The molecule has 3 nitrogen and oxygen atoms in total. The predicted octanol–water partition coefficient (Wildman–Crippen LogP) is 4.04. The first-order valence-electron chi connectivity index (χ1n) is 7.29. The van der Waals surface area contributed by atoms with Crippen LogP contribution in [0.4, 0.5) is 5.69 Å². The molecule has 25 heavy (non-hydrogen) atoms.